The third kappa shape index (κ3) is 7.00. The van der Waals surface area contributed by atoms with Gasteiger partial charge in [-0.25, -0.2) is 8.42 Å². The molecular formula is C27H30Cl2N4O5S. The Balaban J connectivity index is 1.65. The Morgan fingerprint density at radius 3 is 2.54 bits per heavy atom. The molecule has 1 aliphatic heterocycles. The molecule has 0 unspecified atom stereocenters. The minimum absolute atomic E-state index is 0.194. The molecule has 0 radical (unpaired) electrons. The monoisotopic (exact) mass is 592 g/mol. The van der Waals surface area contributed by atoms with Crippen molar-refractivity contribution in [3.05, 3.63) is 69.7 Å². The van der Waals surface area contributed by atoms with Crippen LogP contribution in [0, 0.1) is 0 Å². The van der Waals surface area contributed by atoms with Crippen molar-refractivity contribution in [3.8, 4) is 17.3 Å². The molecule has 4 rings (SSSR count). The van der Waals surface area contributed by atoms with Gasteiger partial charge in [0.1, 0.15) is 5.82 Å². The lowest BCUT2D eigenvalue weighted by atomic mass is 9.73. The van der Waals surface area contributed by atoms with Gasteiger partial charge in [0, 0.05) is 48.5 Å². The Bertz CT molecular complexity index is 1460. The summed E-state index contributed by atoms with van der Waals surface area (Å²) in [6.07, 6.45) is 2.35. The van der Waals surface area contributed by atoms with E-state index in [4.69, 9.17) is 32.7 Å². The number of nitrogens with one attached hydrogen (secondary N) is 1. The number of nitrogens with zero attached hydrogens (tertiary/aromatic N) is 3. The van der Waals surface area contributed by atoms with E-state index in [0.717, 1.165) is 17.4 Å². The van der Waals surface area contributed by atoms with Crippen LogP contribution in [0.4, 0.5) is 5.82 Å². The van der Waals surface area contributed by atoms with Crippen LogP contribution in [-0.4, -0.2) is 64.5 Å². The molecule has 0 bridgehead atoms. The molecule has 1 amide bonds. The average molecular weight is 594 g/mol. The molecule has 0 saturated carbocycles. The fourth-order valence-corrected chi connectivity index (χ4v) is 5.62. The van der Waals surface area contributed by atoms with Crippen LogP contribution in [0.25, 0.3) is 11.3 Å². The molecule has 1 saturated heterocycles. The van der Waals surface area contributed by atoms with Crippen LogP contribution in [0.2, 0.25) is 10.0 Å². The van der Waals surface area contributed by atoms with E-state index in [9.17, 15) is 13.2 Å². The Hall–Kier alpha value is -2.92. The lowest BCUT2D eigenvalue weighted by Crippen LogP contribution is -2.49. The summed E-state index contributed by atoms with van der Waals surface area (Å²) in [6.45, 7) is 1.31. The second kappa shape index (κ2) is 12.1. The van der Waals surface area contributed by atoms with E-state index in [1.54, 1.807) is 6.07 Å². The number of anilines is 1. The number of carbonyl (C=O) groups is 1. The number of halogens is 2. The van der Waals surface area contributed by atoms with Gasteiger partial charge in [-0.3, -0.25) is 9.52 Å². The molecule has 1 fully saturated rings. The number of aromatic nitrogens is 2. The smallest absolute Gasteiger partial charge is 0.318 e. The largest absolute Gasteiger partial charge is 0.467 e. The molecule has 2 aromatic carbocycles. The second-order valence-corrected chi connectivity index (χ2v) is 12.1. The zero-order valence-electron chi connectivity index (χ0n) is 21.9. The zero-order chi connectivity index (χ0) is 28.2. The first kappa shape index (κ1) is 29.1. The summed E-state index contributed by atoms with van der Waals surface area (Å²) in [5, 5.41) is 1.19. The van der Waals surface area contributed by atoms with Crippen molar-refractivity contribution in [2.24, 2.45) is 0 Å². The van der Waals surface area contributed by atoms with Crippen LogP contribution >= 0.6 is 23.2 Å². The van der Waals surface area contributed by atoms with Crippen LogP contribution in [0.15, 0.2) is 48.5 Å². The fraction of sp³-hybridized carbons (Fsp3) is 0.370. The van der Waals surface area contributed by atoms with Crippen LogP contribution in [-0.2, 0) is 31.4 Å². The van der Waals surface area contributed by atoms with Crippen molar-refractivity contribution in [1.29, 1.82) is 0 Å². The SMILES string of the molecule is COc1nc(-c2cccc(C3(C(=O)NS(C)(=O)=O)CCOCC3)c2)cc(N(C)CCc2ccc(Cl)cc2Cl)n1. The highest BCUT2D eigenvalue weighted by molar-refractivity contribution is 7.89. The highest BCUT2D eigenvalue weighted by atomic mass is 35.5. The number of hydrogen-bond acceptors (Lipinski definition) is 8. The quantitative estimate of drug-likeness (QED) is 0.392. The van der Waals surface area contributed by atoms with Crippen LogP contribution in [0.3, 0.4) is 0 Å². The van der Waals surface area contributed by atoms with Crippen molar-refractivity contribution < 1.29 is 22.7 Å². The van der Waals surface area contributed by atoms with Gasteiger partial charge in [0.2, 0.25) is 15.9 Å². The van der Waals surface area contributed by atoms with Gasteiger partial charge in [-0.2, -0.15) is 9.97 Å². The predicted octanol–water partition coefficient (Wildman–Crippen LogP) is 4.26. The standard InChI is InChI=1S/C27H30Cl2N4O5S/c1-33(12-9-18-7-8-21(28)16-22(18)29)24-17-23(30-26(31-24)37-2)19-5-4-6-20(15-19)27(10-13-38-14-11-27)25(34)32-39(3,35)36/h4-8,15-17H,9-14H2,1-3H3,(H,32,34). The van der Waals surface area contributed by atoms with Crippen LogP contribution < -0.4 is 14.4 Å². The van der Waals surface area contributed by atoms with Crippen molar-refractivity contribution in [2.75, 3.05) is 45.1 Å². The molecule has 2 heterocycles. The van der Waals surface area contributed by atoms with Crippen molar-refractivity contribution in [2.45, 2.75) is 24.7 Å². The van der Waals surface area contributed by atoms with Crippen molar-refractivity contribution >= 4 is 45.0 Å². The minimum Gasteiger partial charge on any atom is -0.467 e. The molecule has 12 heteroatoms. The third-order valence-corrected chi connectivity index (χ3v) is 7.91. The van der Waals surface area contributed by atoms with Crippen LogP contribution in [0.1, 0.15) is 24.0 Å². The van der Waals surface area contributed by atoms with E-state index in [1.807, 2.05) is 54.4 Å². The summed E-state index contributed by atoms with van der Waals surface area (Å²) in [5.74, 6) is 0.0786. The molecule has 0 aliphatic carbocycles. The van der Waals surface area contributed by atoms with E-state index >= 15 is 0 Å². The highest BCUT2D eigenvalue weighted by Gasteiger charge is 2.43. The lowest BCUT2D eigenvalue weighted by Gasteiger charge is -2.36. The molecule has 39 heavy (non-hydrogen) atoms. The van der Waals surface area contributed by atoms with Gasteiger partial charge in [0.15, 0.2) is 0 Å². The van der Waals surface area contributed by atoms with E-state index in [2.05, 4.69) is 14.7 Å². The maximum atomic E-state index is 13.2. The summed E-state index contributed by atoms with van der Waals surface area (Å²) in [5.41, 5.74) is 1.94. The molecule has 3 aromatic rings. The normalized spacial score (nSPS) is 15.0. The first-order valence-electron chi connectivity index (χ1n) is 12.3. The summed E-state index contributed by atoms with van der Waals surface area (Å²) >= 11 is 12.4. The van der Waals surface area contributed by atoms with E-state index in [1.165, 1.54) is 7.11 Å². The van der Waals surface area contributed by atoms with E-state index < -0.39 is 21.3 Å². The number of hydrogen-bond donors (Lipinski definition) is 1. The van der Waals surface area contributed by atoms with E-state index in [0.29, 0.717) is 66.1 Å². The number of carbonyl (C=O) groups excluding carboxylic acids is 1. The molecule has 208 valence electrons. The first-order valence-corrected chi connectivity index (χ1v) is 14.9. The van der Waals surface area contributed by atoms with Crippen molar-refractivity contribution in [3.63, 3.8) is 0 Å². The molecule has 1 aliphatic rings. The average Bonchev–Trinajstić information content (AvgIpc) is 2.91. The number of sulfonamides is 1. The Kier molecular flexibility index (Phi) is 9.00. The molecule has 1 N–H and O–H groups in total. The molecule has 0 spiro atoms. The van der Waals surface area contributed by atoms with Gasteiger partial charge in [-0.1, -0.05) is 47.5 Å². The van der Waals surface area contributed by atoms with Crippen molar-refractivity contribution in [1.82, 2.24) is 14.7 Å². The third-order valence-electron chi connectivity index (χ3n) is 6.77. The number of amides is 1. The van der Waals surface area contributed by atoms with Gasteiger partial charge in [0.25, 0.3) is 0 Å². The Morgan fingerprint density at radius 1 is 1.13 bits per heavy atom. The first-order chi connectivity index (χ1) is 18.5. The van der Waals surface area contributed by atoms with Gasteiger partial charge < -0.3 is 14.4 Å². The highest BCUT2D eigenvalue weighted by Crippen LogP contribution is 2.37. The van der Waals surface area contributed by atoms with Gasteiger partial charge in [-0.15, -0.1) is 0 Å². The number of ether oxygens (including phenoxy) is 2. The van der Waals surface area contributed by atoms with E-state index in [-0.39, 0.29) is 6.01 Å². The Labute approximate surface area is 238 Å². The molecule has 9 nitrogen and oxygen atoms in total. The number of rotatable bonds is 9. The minimum atomic E-state index is -3.73. The van der Waals surface area contributed by atoms with Gasteiger partial charge in [-0.05, 0) is 48.6 Å². The number of methoxy groups -OCH3 is 1. The summed E-state index contributed by atoms with van der Waals surface area (Å²) in [4.78, 5) is 24.3. The summed E-state index contributed by atoms with van der Waals surface area (Å²) in [7, 11) is -0.319. The topological polar surface area (TPSA) is 111 Å². The number of likely N-dealkylation sites (N-methyl/N-ethyl adjacent to an activating group) is 1. The van der Waals surface area contributed by atoms with Crippen LogP contribution in [0.5, 0.6) is 6.01 Å². The Morgan fingerprint density at radius 2 is 1.87 bits per heavy atom. The fourth-order valence-electron chi connectivity index (χ4n) is 4.58. The molecule has 0 atom stereocenters. The maximum Gasteiger partial charge on any atom is 0.318 e. The number of benzene rings is 2. The molecular weight excluding hydrogens is 563 g/mol. The predicted molar refractivity (Wildman–Crippen MR) is 152 cm³/mol. The maximum absolute atomic E-state index is 13.2. The lowest BCUT2D eigenvalue weighted by molar-refractivity contribution is -0.128. The van der Waals surface area contributed by atoms with Gasteiger partial charge >= 0.3 is 6.01 Å². The zero-order valence-corrected chi connectivity index (χ0v) is 24.2. The second-order valence-electron chi connectivity index (χ2n) is 9.48. The summed E-state index contributed by atoms with van der Waals surface area (Å²) < 4.78 is 36.8. The molecule has 1 aromatic heterocycles. The summed E-state index contributed by atoms with van der Waals surface area (Å²) in [6, 6.07) is 14.9. The van der Waals surface area contributed by atoms with Gasteiger partial charge in [0.05, 0.1) is 24.5 Å².